The number of benzene rings is 1. The molecule has 1 aliphatic carbocycles. The Labute approximate surface area is 123 Å². The van der Waals surface area contributed by atoms with E-state index in [1.807, 2.05) is 0 Å². The van der Waals surface area contributed by atoms with Crippen LogP contribution in [0.3, 0.4) is 0 Å². The zero-order valence-electron chi connectivity index (χ0n) is 11.3. The number of hydrogen-bond donors (Lipinski definition) is 2. The van der Waals surface area contributed by atoms with E-state index < -0.39 is 0 Å². The molecule has 2 amide bonds. The van der Waals surface area contributed by atoms with Crippen molar-refractivity contribution in [3.63, 3.8) is 0 Å². The molecule has 4 nitrogen and oxygen atoms in total. The molecule has 0 unspecified atom stereocenters. The van der Waals surface area contributed by atoms with E-state index >= 15 is 0 Å². The highest BCUT2D eigenvalue weighted by atomic mass is 35.5. The molecule has 108 valence electrons. The van der Waals surface area contributed by atoms with E-state index in [0.29, 0.717) is 35.9 Å². The van der Waals surface area contributed by atoms with Crippen molar-refractivity contribution in [1.29, 1.82) is 0 Å². The third kappa shape index (κ3) is 5.21. The quantitative estimate of drug-likeness (QED) is 0.759. The van der Waals surface area contributed by atoms with Gasteiger partial charge in [0.25, 0.3) is 5.91 Å². The lowest BCUT2D eigenvalue weighted by molar-refractivity contribution is -0.121. The van der Waals surface area contributed by atoms with Crippen LogP contribution in [0.5, 0.6) is 0 Å². The summed E-state index contributed by atoms with van der Waals surface area (Å²) in [6.07, 6.45) is 3.57. The molecule has 0 bridgehead atoms. The van der Waals surface area contributed by atoms with E-state index in [1.54, 1.807) is 24.3 Å². The largest absolute Gasteiger partial charge is 0.356 e. The highest BCUT2D eigenvalue weighted by molar-refractivity contribution is 6.30. The van der Waals surface area contributed by atoms with Crippen molar-refractivity contribution in [3.8, 4) is 0 Å². The third-order valence-corrected chi connectivity index (χ3v) is 3.51. The molecule has 1 aromatic rings. The number of nitrogens with one attached hydrogen (secondary N) is 2. The molecule has 0 saturated heterocycles. The Morgan fingerprint density at radius 2 is 1.85 bits per heavy atom. The molecule has 1 aromatic carbocycles. The van der Waals surface area contributed by atoms with E-state index in [2.05, 4.69) is 10.6 Å². The Kier molecular flexibility index (Phi) is 5.41. The van der Waals surface area contributed by atoms with Crippen LogP contribution in [-0.4, -0.2) is 24.9 Å². The van der Waals surface area contributed by atoms with Crippen molar-refractivity contribution in [2.24, 2.45) is 5.92 Å². The Morgan fingerprint density at radius 1 is 1.15 bits per heavy atom. The maximum atomic E-state index is 11.8. The smallest absolute Gasteiger partial charge is 0.251 e. The first-order valence-electron chi connectivity index (χ1n) is 6.95. The summed E-state index contributed by atoms with van der Waals surface area (Å²) in [4.78, 5) is 23.3. The normalized spacial score (nSPS) is 13.8. The number of amides is 2. The Morgan fingerprint density at radius 3 is 2.50 bits per heavy atom. The van der Waals surface area contributed by atoms with Gasteiger partial charge in [-0.15, -0.1) is 0 Å². The molecule has 0 atom stereocenters. The fourth-order valence-electron chi connectivity index (χ4n) is 1.82. The predicted molar refractivity (Wildman–Crippen MR) is 78.8 cm³/mol. The molecule has 5 heteroatoms. The first-order valence-corrected chi connectivity index (χ1v) is 7.33. The minimum Gasteiger partial charge on any atom is -0.356 e. The van der Waals surface area contributed by atoms with E-state index in [4.69, 9.17) is 11.6 Å². The van der Waals surface area contributed by atoms with Crippen LogP contribution >= 0.6 is 11.6 Å². The summed E-state index contributed by atoms with van der Waals surface area (Å²) < 4.78 is 0. The second kappa shape index (κ2) is 7.29. The fourth-order valence-corrected chi connectivity index (χ4v) is 1.95. The van der Waals surface area contributed by atoms with Gasteiger partial charge in [0.05, 0.1) is 0 Å². The summed E-state index contributed by atoms with van der Waals surface area (Å²) in [5.74, 6) is 0.626. The van der Waals surface area contributed by atoms with Gasteiger partial charge >= 0.3 is 0 Å². The average Bonchev–Trinajstić information content (AvgIpc) is 3.26. The van der Waals surface area contributed by atoms with Gasteiger partial charge in [0.2, 0.25) is 5.91 Å². The van der Waals surface area contributed by atoms with E-state index in [1.165, 1.54) is 12.8 Å². The molecule has 0 radical (unpaired) electrons. The van der Waals surface area contributed by atoms with Crippen molar-refractivity contribution >= 4 is 23.4 Å². The summed E-state index contributed by atoms with van der Waals surface area (Å²) >= 11 is 5.76. The fraction of sp³-hybridized carbons (Fsp3) is 0.467. The summed E-state index contributed by atoms with van der Waals surface area (Å²) in [7, 11) is 0. The molecule has 20 heavy (non-hydrogen) atoms. The monoisotopic (exact) mass is 294 g/mol. The molecule has 2 rings (SSSR count). The summed E-state index contributed by atoms with van der Waals surface area (Å²) in [5.41, 5.74) is 0.576. The molecule has 1 aliphatic rings. The standard InChI is InChI=1S/C15H19ClN2O2/c16-13-7-5-12(6-8-13)15(20)17-9-1-2-14(19)18-10-11-3-4-11/h5-8,11H,1-4,9-10H2,(H,17,20)(H,18,19). The van der Waals surface area contributed by atoms with Crippen LogP contribution in [0.25, 0.3) is 0 Å². The second-order valence-electron chi connectivity index (χ2n) is 5.11. The van der Waals surface area contributed by atoms with Gasteiger partial charge in [-0.3, -0.25) is 9.59 Å². The summed E-state index contributed by atoms with van der Waals surface area (Å²) in [5, 5.41) is 6.30. The zero-order chi connectivity index (χ0) is 14.4. The van der Waals surface area contributed by atoms with Gasteiger partial charge in [0.1, 0.15) is 0 Å². The van der Waals surface area contributed by atoms with Crippen LogP contribution in [0.4, 0.5) is 0 Å². The molecule has 1 saturated carbocycles. The van der Waals surface area contributed by atoms with Crippen LogP contribution < -0.4 is 10.6 Å². The number of halogens is 1. The third-order valence-electron chi connectivity index (χ3n) is 3.26. The highest BCUT2D eigenvalue weighted by Crippen LogP contribution is 2.27. The molecular formula is C15H19ClN2O2. The van der Waals surface area contributed by atoms with Gasteiger partial charge in [-0.05, 0) is 49.4 Å². The first-order chi connectivity index (χ1) is 9.65. The lowest BCUT2D eigenvalue weighted by Crippen LogP contribution is -2.28. The molecule has 0 spiro atoms. The van der Waals surface area contributed by atoms with Crippen LogP contribution in [0.15, 0.2) is 24.3 Å². The summed E-state index contributed by atoms with van der Waals surface area (Å²) in [6.45, 7) is 1.30. The van der Waals surface area contributed by atoms with Crippen molar-refractivity contribution in [3.05, 3.63) is 34.9 Å². The second-order valence-corrected chi connectivity index (χ2v) is 5.55. The Bertz CT molecular complexity index is 469. The molecule has 2 N–H and O–H groups in total. The number of carbonyl (C=O) groups is 2. The Hall–Kier alpha value is -1.55. The van der Waals surface area contributed by atoms with E-state index in [-0.39, 0.29) is 11.8 Å². The minimum atomic E-state index is -0.139. The van der Waals surface area contributed by atoms with Crippen LogP contribution in [0, 0.1) is 5.92 Å². The van der Waals surface area contributed by atoms with Gasteiger partial charge in [-0.2, -0.15) is 0 Å². The highest BCUT2D eigenvalue weighted by Gasteiger charge is 2.21. The van der Waals surface area contributed by atoms with Crippen LogP contribution in [0.2, 0.25) is 5.02 Å². The minimum absolute atomic E-state index is 0.0673. The van der Waals surface area contributed by atoms with E-state index in [9.17, 15) is 9.59 Å². The first kappa shape index (κ1) is 14.9. The van der Waals surface area contributed by atoms with Gasteiger partial charge in [0.15, 0.2) is 0 Å². The molecule has 0 aliphatic heterocycles. The molecule has 1 fully saturated rings. The maximum Gasteiger partial charge on any atom is 0.251 e. The molecule has 0 aromatic heterocycles. The topological polar surface area (TPSA) is 58.2 Å². The van der Waals surface area contributed by atoms with Crippen molar-refractivity contribution in [2.45, 2.75) is 25.7 Å². The zero-order valence-corrected chi connectivity index (χ0v) is 12.1. The molecular weight excluding hydrogens is 276 g/mol. The summed E-state index contributed by atoms with van der Waals surface area (Å²) in [6, 6.07) is 6.73. The van der Waals surface area contributed by atoms with Gasteiger partial charge in [-0.25, -0.2) is 0 Å². The van der Waals surface area contributed by atoms with Gasteiger partial charge < -0.3 is 10.6 Å². The average molecular weight is 295 g/mol. The van der Waals surface area contributed by atoms with E-state index in [0.717, 1.165) is 6.54 Å². The molecule has 0 heterocycles. The van der Waals surface area contributed by atoms with Crippen LogP contribution in [0.1, 0.15) is 36.0 Å². The Balaban J connectivity index is 1.58. The van der Waals surface area contributed by atoms with Crippen molar-refractivity contribution < 1.29 is 9.59 Å². The van der Waals surface area contributed by atoms with Crippen LogP contribution in [-0.2, 0) is 4.79 Å². The lowest BCUT2D eigenvalue weighted by Gasteiger charge is -2.06. The predicted octanol–water partition coefficient (Wildman–Crippen LogP) is 2.38. The maximum absolute atomic E-state index is 11.8. The number of carbonyl (C=O) groups excluding carboxylic acids is 2. The van der Waals surface area contributed by atoms with Gasteiger partial charge in [-0.1, -0.05) is 11.6 Å². The number of rotatable bonds is 7. The van der Waals surface area contributed by atoms with Gasteiger partial charge in [0, 0.05) is 30.1 Å². The SMILES string of the molecule is O=C(CCCNC(=O)c1ccc(Cl)cc1)NCC1CC1. The number of hydrogen-bond acceptors (Lipinski definition) is 2. The lowest BCUT2D eigenvalue weighted by atomic mass is 10.2. The van der Waals surface area contributed by atoms with Crippen molar-refractivity contribution in [1.82, 2.24) is 10.6 Å². The van der Waals surface area contributed by atoms with Crippen molar-refractivity contribution in [2.75, 3.05) is 13.1 Å².